The van der Waals surface area contributed by atoms with E-state index in [1.165, 1.54) is 340 Å². The van der Waals surface area contributed by atoms with Crippen LogP contribution in [0.1, 0.15) is 418 Å². The van der Waals surface area contributed by atoms with Crippen molar-refractivity contribution in [2.75, 3.05) is 19.8 Å². The van der Waals surface area contributed by atoms with Gasteiger partial charge in [0.25, 0.3) is 0 Å². The fourth-order valence-electron chi connectivity index (χ4n) is 13.3. The summed E-state index contributed by atoms with van der Waals surface area (Å²) >= 11 is 0. The van der Waals surface area contributed by atoms with Gasteiger partial charge in [0.2, 0.25) is 5.91 Å². The van der Waals surface area contributed by atoms with E-state index in [1.54, 1.807) is 6.08 Å². The van der Waals surface area contributed by atoms with Gasteiger partial charge in [-0.3, -0.25) is 9.59 Å². The first kappa shape index (κ1) is 89.9. The molecule has 0 aromatic heterocycles. The highest BCUT2D eigenvalue weighted by atomic mass is 16.7. The zero-order valence-corrected chi connectivity index (χ0v) is 62.0. The van der Waals surface area contributed by atoms with Crippen LogP contribution in [0.5, 0.6) is 0 Å². The van der Waals surface area contributed by atoms with Gasteiger partial charge in [-0.25, -0.2) is 0 Å². The molecule has 1 rings (SSSR count). The Morgan fingerprint density at radius 1 is 0.383 bits per heavy atom. The molecule has 0 bridgehead atoms. The van der Waals surface area contributed by atoms with Crippen LogP contribution in [0.15, 0.2) is 36.5 Å². The lowest BCUT2D eigenvalue weighted by atomic mass is 9.99. The van der Waals surface area contributed by atoms with Gasteiger partial charge in [-0.1, -0.05) is 371 Å². The number of ether oxygens (including phenoxy) is 3. The first-order valence-electron chi connectivity index (χ1n) is 41.3. The quantitative estimate of drug-likeness (QED) is 0.0195. The summed E-state index contributed by atoms with van der Waals surface area (Å²) in [5, 5.41) is 54.4. The third-order valence-corrected chi connectivity index (χ3v) is 19.7. The summed E-state index contributed by atoms with van der Waals surface area (Å²) in [6.45, 7) is 4.35. The molecular weight excluding hydrogens is 1170 g/mol. The summed E-state index contributed by atoms with van der Waals surface area (Å²) in [6.07, 6.45) is 85.0. The molecule has 0 aromatic rings. The van der Waals surface area contributed by atoms with E-state index in [0.29, 0.717) is 19.4 Å². The molecule has 11 heteroatoms. The van der Waals surface area contributed by atoms with Crippen molar-refractivity contribution in [2.45, 2.75) is 461 Å². The van der Waals surface area contributed by atoms with E-state index in [4.69, 9.17) is 14.2 Å². The Kier molecular flexibility index (Phi) is 69.0. The van der Waals surface area contributed by atoms with Gasteiger partial charge < -0.3 is 45.1 Å². The standard InChI is InChI=1S/C83H157NO10/c1-3-5-7-9-11-13-15-16-17-41-45-48-51-55-59-63-67-71-79(88)92-72-68-64-60-56-52-49-46-43-40-38-36-34-32-30-28-26-24-22-20-18-19-21-23-25-27-29-31-33-35-37-39-42-44-47-50-54-58-62-66-70-78(87)84-75(74-93-83-82(91)81(90)80(89)77(73-85)94-83)76(86)69-65-61-57-53-14-12-10-8-6-4-2/h14,18-19,53,65,69,75-77,80-83,85-86,89-91H,3-13,15-17,20-52,54-64,66-68,70-74H2,1-2H3,(H,84,87)/b19-18-,53-14+,69-65+. The zero-order valence-electron chi connectivity index (χ0n) is 62.0. The van der Waals surface area contributed by atoms with Gasteiger partial charge in [0.05, 0.1) is 32.0 Å². The van der Waals surface area contributed by atoms with Crippen LogP contribution >= 0.6 is 0 Å². The summed E-state index contributed by atoms with van der Waals surface area (Å²) in [6, 6.07) is -0.823. The van der Waals surface area contributed by atoms with E-state index in [-0.39, 0.29) is 18.5 Å². The highest BCUT2D eigenvalue weighted by molar-refractivity contribution is 5.76. The van der Waals surface area contributed by atoms with Crippen LogP contribution in [-0.2, 0) is 23.8 Å². The molecule has 1 heterocycles. The molecule has 0 radical (unpaired) electrons. The van der Waals surface area contributed by atoms with E-state index in [1.807, 2.05) is 6.08 Å². The smallest absolute Gasteiger partial charge is 0.305 e. The summed E-state index contributed by atoms with van der Waals surface area (Å²) in [7, 11) is 0. The third kappa shape index (κ3) is 59.9. The van der Waals surface area contributed by atoms with E-state index in [2.05, 4.69) is 43.5 Å². The number of esters is 1. The van der Waals surface area contributed by atoms with Crippen LogP contribution in [0.4, 0.5) is 0 Å². The molecule has 554 valence electrons. The van der Waals surface area contributed by atoms with Crippen molar-refractivity contribution in [2.24, 2.45) is 0 Å². The van der Waals surface area contributed by atoms with Gasteiger partial charge in [-0.2, -0.15) is 0 Å². The molecule has 1 saturated heterocycles. The van der Waals surface area contributed by atoms with E-state index in [0.717, 1.165) is 51.4 Å². The van der Waals surface area contributed by atoms with Crippen molar-refractivity contribution in [3.05, 3.63) is 36.5 Å². The molecule has 1 aliphatic rings. The number of rotatable bonds is 74. The van der Waals surface area contributed by atoms with Gasteiger partial charge in [0, 0.05) is 12.8 Å². The first-order valence-corrected chi connectivity index (χ1v) is 41.3. The van der Waals surface area contributed by atoms with Crippen molar-refractivity contribution < 1.29 is 49.3 Å². The molecule has 94 heavy (non-hydrogen) atoms. The molecule has 1 aliphatic heterocycles. The highest BCUT2D eigenvalue weighted by Gasteiger charge is 2.44. The van der Waals surface area contributed by atoms with Gasteiger partial charge in [-0.15, -0.1) is 0 Å². The Morgan fingerprint density at radius 3 is 1.06 bits per heavy atom. The second-order valence-electron chi connectivity index (χ2n) is 28.8. The monoisotopic (exact) mass is 1330 g/mol. The van der Waals surface area contributed by atoms with Crippen LogP contribution in [0.3, 0.4) is 0 Å². The molecule has 0 aliphatic carbocycles. The van der Waals surface area contributed by atoms with Crippen molar-refractivity contribution >= 4 is 11.9 Å². The van der Waals surface area contributed by atoms with E-state index >= 15 is 0 Å². The van der Waals surface area contributed by atoms with Crippen LogP contribution < -0.4 is 5.32 Å². The predicted molar refractivity (Wildman–Crippen MR) is 398 cm³/mol. The summed E-state index contributed by atoms with van der Waals surface area (Å²) < 4.78 is 16.8. The van der Waals surface area contributed by atoms with Gasteiger partial charge >= 0.3 is 5.97 Å². The van der Waals surface area contributed by atoms with E-state index in [9.17, 15) is 35.1 Å². The maximum atomic E-state index is 13.0. The summed E-state index contributed by atoms with van der Waals surface area (Å²) in [5.74, 6) is -0.166. The number of allylic oxidation sites excluding steroid dienone is 5. The number of aliphatic hydroxyl groups excluding tert-OH is 5. The maximum Gasteiger partial charge on any atom is 0.305 e. The molecule has 0 spiro atoms. The lowest BCUT2D eigenvalue weighted by Crippen LogP contribution is -2.60. The van der Waals surface area contributed by atoms with Crippen molar-refractivity contribution in [3.63, 3.8) is 0 Å². The molecule has 1 fully saturated rings. The first-order chi connectivity index (χ1) is 46.2. The Labute approximate surface area is 581 Å². The summed E-state index contributed by atoms with van der Waals surface area (Å²) in [5.41, 5.74) is 0. The molecular formula is C83H157NO10. The average molecular weight is 1330 g/mol. The lowest BCUT2D eigenvalue weighted by molar-refractivity contribution is -0.302. The minimum absolute atomic E-state index is 0.0214. The molecule has 6 N–H and O–H groups in total. The van der Waals surface area contributed by atoms with Crippen LogP contribution in [0.25, 0.3) is 0 Å². The van der Waals surface area contributed by atoms with Crippen molar-refractivity contribution in [1.82, 2.24) is 5.32 Å². The molecule has 0 aromatic carbocycles. The third-order valence-electron chi connectivity index (χ3n) is 19.7. The number of amides is 1. The number of carbonyl (C=O) groups is 2. The Hall–Kier alpha value is -2.12. The number of hydrogen-bond acceptors (Lipinski definition) is 10. The molecule has 7 unspecified atom stereocenters. The molecule has 11 nitrogen and oxygen atoms in total. The van der Waals surface area contributed by atoms with Crippen LogP contribution in [0.2, 0.25) is 0 Å². The van der Waals surface area contributed by atoms with Crippen molar-refractivity contribution in [1.29, 1.82) is 0 Å². The minimum atomic E-state index is -1.57. The lowest BCUT2D eigenvalue weighted by Gasteiger charge is -2.40. The average Bonchev–Trinajstić information content (AvgIpc) is 0.904. The fraction of sp³-hybridized carbons (Fsp3) is 0.904. The number of unbranched alkanes of at least 4 members (excludes halogenated alkanes) is 56. The molecule has 0 saturated carbocycles. The Morgan fingerprint density at radius 2 is 0.691 bits per heavy atom. The maximum absolute atomic E-state index is 13.0. The largest absolute Gasteiger partial charge is 0.466 e. The van der Waals surface area contributed by atoms with Crippen molar-refractivity contribution in [3.8, 4) is 0 Å². The van der Waals surface area contributed by atoms with Crippen LogP contribution in [-0.4, -0.2) is 100 Å². The predicted octanol–water partition coefficient (Wildman–Crippen LogP) is 22.5. The number of hydrogen-bond donors (Lipinski definition) is 6. The highest BCUT2D eigenvalue weighted by Crippen LogP contribution is 2.24. The van der Waals surface area contributed by atoms with Crippen LogP contribution in [0, 0.1) is 0 Å². The van der Waals surface area contributed by atoms with E-state index < -0.39 is 49.5 Å². The normalized spacial score (nSPS) is 17.5. The molecule has 1 amide bonds. The zero-order chi connectivity index (χ0) is 67.9. The second kappa shape index (κ2) is 72.1. The fourth-order valence-corrected chi connectivity index (χ4v) is 13.3. The van der Waals surface area contributed by atoms with Gasteiger partial charge in [0.15, 0.2) is 6.29 Å². The Bertz CT molecular complexity index is 1660. The topological polar surface area (TPSA) is 175 Å². The van der Waals surface area contributed by atoms with Gasteiger partial charge in [0.1, 0.15) is 24.4 Å². The molecule has 7 atom stereocenters. The summed E-state index contributed by atoms with van der Waals surface area (Å²) in [4.78, 5) is 25.2. The second-order valence-corrected chi connectivity index (χ2v) is 28.8. The Balaban J connectivity index is 1.84. The SMILES string of the molecule is CCCCCC/C=C/CC/C=C/C(O)C(COC1OC(CO)C(O)C(O)C1O)NC(=O)CCCCCCCCCCCCCCCCCCC/C=C\CCCCCCCCCCCCCCCCCCCCOC(=O)CCCCCCCCCCCCCCCCCCC. The minimum Gasteiger partial charge on any atom is -0.466 e. The van der Waals surface area contributed by atoms with Gasteiger partial charge in [-0.05, 0) is 70.6 Å². The number of nitrogens with one attached hydrogen (secondary N) is 1. The number of aliphatic hydroxyl groups is 5. The number of carbonyl (C=O) groups excluding carboxylic acids is 2.